The van der Waals surface area contributed by atoms with E-state index in [1.165, 1.54) is 13.4 Å². The molecule has 2 aromatic heterocycles. The number of hydrogen-bond donors (Lipinski definition) is 2. The van der Waals surface area contributed by atoms with E-state index in [0.29, 0.717) is 29.6 Å². The number of nitrogens with one attached hydrogen (secondary N) is 1. The molecule has 0 bridgehead atoms. The molecule has 134 valence electrons. The molecule has 0 saturated heterocycles. The second kappa shape index (κ2) is 8.34. The van der Waals surface area contributed by atoms with Crippen molar-refractivity contribution >= 4 is 22.3 Å². The van der Waals surface area contributed by atoms with Gasteiger partial charge in [0.25, 0.3) is 0 Å². The molecule has 3 aromatic rings. The van der Waals surface area contributed by atoms with Gasteiger partial charge in [0.2, 0.25) is 11.8 Å². The Kier molecular flexibility index (Phi) is 5.69. The smallest absolute Gasteiger partial charge is 0.230 e. The summed E-state index contributed by atoms with van der Waals surface area (Å²) in [7, 11) is -0.853. The van der Waals surface area contributed by atoms with Crippen LogP contribution in [0.15, 0.2) is 48.9 Å². The summed E-state index contributed by atoms with van der Waals surface area (Å²) in [6, 6.07) is 11.0. The minimum atomic E-state index is -2.39. The van der Waals surface area contributed by atoms with E-state index < -0.39 is 10.7 Å². The first-order chi connectivity index (χ1) is 12.7. The van der Waals surface area contributed by atoms with Gasteiger partial charge in [-0.05, 0) is 36.2 Å². The molecule has 3 rings (SSSR count). The van der Waals surface area contributed by atoms with Gasteiger partial charge in [-0.3, -0.25) is 0 Å². The van der Waals surface area contributed by atoms with Gasteiger partial charge in [0.05, 0.1) is 18.4 Å². The van der Waals surface area contributed by atoms with Crippen LogP contribution in [0.5, 0.6) is 5.88 Å². The highest BCUT2D eigenvalue weighted by atomic mass is 32.2. The molecule has 0 fully saturated rings. The van der Waals surface area contributed by atoms with Crippen LogP contribution in [0.2, 0.25) is 0 Å². The number of anilines is 2. The predicted molar refractivity (Wildman–Crippen MR) is 98.2 cm³/mol. The first-order valence-corrected chi connectivity index (χ1v) is 9.18. The standard InChI is InChI=1S/C17H17N5O3S/c1-25-16-14(6-3-8-18-16)15-19-11-20-17(22-15)21-13-5-2-4-12(10-13)7-9-26(23)24/h2-6,8,10-11,26H,7,9H2,1H3,(H,19,20,21,22). The van der Waals surface area contributed by atoms with Gasteiger partial charge in [0.1, 0.15) is 17.0 Å². The molecule has 0 aliphatic rings. The monoisotopic (exact) mass is 371 g/mol. The largest absolute Gasteiger partial charge is 0.480 e. The van der Waals surface area contributed by atoms with Crippen LogP contribution < -0.4 is 10.1 Å². The van der Waals surface area contributed by atoms with Crippen LogP contribution in [0.1, 0.15) is 5.56 Å². The number of methoxy groups -OCH3 is 1. The number of hydrogen-bond acceptors (Lipinski definition) is 8. The van der Waals surface area contributed by atoms with Crippen molar-refractivity contribution in [3.63, 3.8) is 0 Å². The molecule has 0 radical (unpaired) electrons. The van der Waals surface area contributed by atoms with Gasteiger partial charge in [-0.15, -0.1) is 0 Å². The minimum absolute atomic E-state index is 0.121. The molecule has 1 aromatic carbocycles. The molecule has 26 heavy (non-hydrogen) atoms. The Morgan fingerprint density at radius 2 is 2.00 bits per heavy atom. The summed E-state index contributed by atoms with van der Waals surface area (Å²) in [6.45, 7) is 0. The van der Waals surface area contributed by atoms with E-state index in [1.807, 2.05) is 30.3 Å². The van der Waals surface area contributed by atoms with Gasteiger partial charge in [-0.2, -0.15) is 4.98 Å². The third-order valence-electron chi connectivity index (χ3n) is 3.54. The van der Waals surface area contributed by atoms with Crippen LogP contribution in [0, 0.1) is 0 Å². The van der Waals surface area contributed by atoms with Crippen LogP contribution in [0.4, 0.5) is 11.6 Å². The van der Waals surface area contributed by atoms with Crippen molar-refractivity contribution in [2.75, 3.05) is 18.2 Å². The second-order valence-corrected chi connectivity index (χ2v) is 6.44. The van der Waals surface area contributed by atoms with Crippen LogP contribution >= 0.6 is 0 Å². The molecule has 1 N–H and O–H groups in total. The summed E-state index contributed by atoms with van der Waals surface area (Å²) < 4.78 is 26.7. The Morgan fingerprint density at radius 3 is 2.81 bits per heavy atom. The molecule has 0 atom stereocenters. The van der Waals surface area contributed by atoms with Crippen molar-refractivity contribution in [3.05, 3.63) is 54.5 Å². The topological polar surface area (TPSA) is 107 Å². The molecule has 0 unspecified atom stereocenters. The van der Waals surface area contributed by atoms with Crippen LogP contribution in [0.25, 0.3) is 11.4 Å². The summed E-state index contributed by atoms with van der Waals surface area (Å²) >= 11 is 0. The zero-order valence-electron chi connectivity index (χ0n) is 14.0. The van der Waals surface area contributed by atoms with Crippen LogP contribution in [-0.4, -0.2) is 41.2 Å². The maximum atomic E-state index is 10.8. The molecular formula is C17H17N5O3S. The number of rotatable bonds is 7. The van der Waals surface area contributed by atoms with Crippen LogP contribution in [-0.2, 0) is 17.1 Å². The summed E-state index contributed by atoms with van der Waals surface area (Å²) in [6.07, 6.45) is 3.50. The highest BCUT2D eigenvalue weighted by molar-refractivity contribution is 7.72. The Morgan fingerprint density at radius 1 is 1.12 bits per heavy atom. The molecule has 9 heteroatoms. The third-order valence-corrected chi connectivity index (χ3v) is 4.13. The number of aryl methyl sites for hydroxylation is 1. The number of aromatic nitrogens is 4. The van der Waals surface area contributed by atoms with Gasteiger partial charge in [0.15, 0.2) is 5.82 Å². The molecule has 0 aliphatic carbocycles. The summed E-state index contributed by atoms with van der Waals surface area (Å²) in [5, 5.41) is 3.11. The maximum Gasteiger partial charge on any atom is 0.230 e. The minimum Gasteiger partial charge on any atom is -0.480 e. The van der Waals surface area contributed by atoms with Crippen molar-refractivity contribution in [2.45, 2.75) is 6.42 Å². The van der Waals surface area contributed by atoms with E-state index in [1.54, 1.807) is 12.3 Å². The number of thiol groups is 1. The maximum absolute atomic E-state index is 10.8. The molecule has 0 amide bonds. The fraction of sp³-hybridized carbons (Fsp3) is 0.176. The summed E-state index contributed by atoms with van der Waals surface area (Å²) in [5.41, 5.74) is 2.34. The van der Waals surface area contributed by atoms with E-state index in [2.05, 4.69) is 25.3 Å². The average molecular weight is 371 g/mol. The number of pyridine rings is 1. The summed E-state index contributed by atoms with van der Waals surface area (Å²) in [5.74, 6) is 1.36. The van der Waals surface area contributed by atoms with Gasteiger partial charge >= 0.3 is 0 Å². The molecular weight excluding hydrogens is 354 g/mol. The Hall–Kier alpha value is -3.07. The van der Waals surface area contributed by atoms with Crippen LogP contribution in [0.3, 0.4) is 0 Å². The molecule has 2 heterocycles. The Labute approximate surface area is 152 Å². The van der Waals surface area contributed by atoms with Crippen molar-refractivity contribution in [2.24, 2.45) is 0 Å². The molecule has 0 aliphatic heterocycles. The zero-order valence-corrected chi connectivity index (χ0v) is 14.9. The molecule has 0 saturated carbocycles. The van der Waals surface area contributed by atoms with Gasteiger partial charge in [0, 0.05) is 11.9 Å². The zero-order chi connectivity index (χ0) is 18.4. The van der Waals surface area contributed by atoms with E-state index in [-0.39, 0.29) is 5.75 Å². The second-order valence-electron chi connectivity index (χ2n) is 5.32. The number of ether oxygens (including phenoxy) is 1. The third kappa shape index (κ3) is 4.51. The van der Waals surface area contributed by atoms with E-state index in [0.717, 1.165) is 11.3 Å². The highest BCUT2D eigenvalue weighted by Gasteiger charge is 2.10. The summed E-state index contributed by atoms with van der Waals surface area (Å²) in [4.78, 5) is 16.8. The van der Waals surface area contributed by atoms with Crippen molar-refractivity contribution in [1.29, 1.82) is 0 Å². The quantitative estimate of drug-likeness (QED) is 0.606. The fourth-order valence-electron chi connectivity index (χ4n) is 2.36. The first-order valence-electron chi connectivity index (χ1n) is 7.82. The Bertz CT molecular complexity index is 970. The van der Waals surface area contributed by atoms with Gasteiger partial charge in [-0.25, -0.2) is 23.4 Å². The van der Waals surface area contributed by atoms with E-state index >= 15 is 0 Å². The van der Waals surface area contributed by atoms with E-state index in [4.69, 9.17) is 4.74 Å². The average Bonchev–Trinajstić information content (AvgIpc) is 2.67. The molecule has 0 spiro atoms. The predicted octanol–water partition coefficient (Wildman–Crippen LogP) is 1.84. The number of nitrogens with zero attached hydrogens (tertiary/aromatic N) is 4. The first kappa shape index (κ1) is 17.7. The SMILES string of the molecule is COc1ncccc1-c1ncnc(Nc2cccc(CC[SH](=O)=O)c2)n1. The van der Waals surface area contributed by atoms with Gasteiger partial charge < -0.3 is 10.1 Å². The lowest BCUT2D eigenvalue weighted by atomic mass is 10.1. The lowest BCUT2D eigenvalue weighted by Crippen LogP contribution is -2.02. The lowest BCUT2D eigenvalue weighted by molar-refractivity contribution is 0.399. The van der Waals surface area contributed by atoms with Crippen molar-refractivity contribution in [3.8, 4) is 17.3 Å². The normalized spacial score (nSPS) is 10.7. The van der Waals surface area contributed by atoms with Gasteiger partial charge in [-0.1, -0.05) is 12.1 Å². The van der Waals surface area contributed by atoms with Crippen molar-refractivity contribution < 1.29 is 13.2 Å². The van der Waals surface area contributed by atoms with E-state index in [9.17, 15) is 8.42 Å². The fourth-order valence-corrected chi connectivity index (χ4v) is 2.80. The highest BCUT2D eigenvalue weighted by Crippen LogP contribution is 2.25. The number of benzene rings is 1. The molecule has 8 nitrogen and oxygen atoms in total. The lowest BCUT2D eigenvalue weighted by Gasteiger charge is -2.09. The Balaban J connectivity index is 1.82. The van der Waals surface area contributed by atoms with Crippen molar-refractivity contribution in [1.82, 2.24) is 19.9 Å².